The lowest BCUT2D eigenvalue weighted by Gasteiger charge is -2.24. The number of rotatable bonds is 3. The number of amides is 1. The Kier molecular flexibility index (Phi) is 14.0. The Bertz CT molecular complexity index is 997. The molecule has 13 nitrogen and oxygen atoms in total. The highest BCUT2D eigenvalue weighted by atomic mass is 16.6. The Balaban J connectivity index is 0.000000594. The van der Waals surface area contributed by atoms with Crippen LogP contribution >= 0.6 is 0 Å². The van der Waals surface area contributed by atoms with Crippen molar-refractivity contribution in [2.45, 2.75) is 71.0 Å². The van der Waals surface area contributed by atoms with Crippen LogP contribution in [0.25, 0.3) is 5.52 Å². The second-order valence-corrected chi connectivity index (χ2v) is 8.39. The van der Waals surface area contributed by atoms with E-state index in [1.54, 1.807) is 4.52 Å². The number of ether oxygens (including phenoxy) is 2. The van der Waals surface area contributed by atoms with Crippen LogP contribution in [0.4, 0.5) is 10.6 Å². The number of carbonyl (C=O) groups is 3. The molecule has 0 aromatic carbocycles. The first-order valence-electron chi connectivity index (χ1n) is 12.0. The fraction of sp³-hybridized carbons (Fsp3) is 0.583. The average Bonchev–Trinajstić information content (AvgIpc) is 3.45. The Morgan fingerprint density at radius 3 is 2.24 bits per heavy atom. The first-order valence-corrected chi connectivity index (χ1v) is 12.0. The number of carboxylic acid groups (broad SMARTS) is 2. The first-order chi connectivity index (χ1) is 17.7. The van der Waals surface area contributed by atoms with Crippen molar-refractivity contribution < 1.29 is 34.1 Å². The van der Waals surface area contributed by atoms with E-state index < -0.39 is 11.9 Å². The number of nitrogen functional groups attached to an aromatic ring is 1. The van der Waals surface area contributed by atoms with Crippen molar-refractivity contribution in [2.75, 3.05) is 25.4 Å². The van der Waals surface area contributed by atoms with Gasteiger partial charge < -0.3 is 30.3 Å². The molecule has 4 N–H and O–H groups in total. The quantitative estimate of drug-likeness (QED) is 0.537. The van der Waals surface area contributed by atoms with Crippen LogP contribution < -0.4 is 5.73 Å². The highest BCUT2D eigenvalue weighted by molar-refractivity contribution is 5.67. The van der Waals surface area contributed by atoms with Crippen molar-refractivity contribution in [3.8, 4) is 6.57 Å². The number of aromatic nitrogens is 3. The summed E-state index contributed by atoms with van der Waals surface area (Å²) in [5.74, 6) is -1.21. The minimum absolute atomic E-state index is 0.0767. The topological polar surface area (TPSA) is 193 Å². The standard InChI is InChI=1S/C19H27N5O3.2C2H4O2.CHN/c20-18-16-8-7-15(24(16)22-13-21-18)17-9-6-14(27-17)12-26-19(25)23-10-4-2-1-3-5-11-23;2*1-2(3)4;1-2/h7-8,13-14,17H,1-6,9-12H2,(H2,20,21,22);2*1H3,(H,3,4);1H. The summed E-state index contributed by atoms with van der Waals surface area (Å²) in [5.41, 5.74) is 7.63. The molecule has 4 heterocycles. The molecule has 204 valence electrons. The van der Waals surface area contributed by atoms with Crippen LogP contribution in [0.2, 0.25) is 0 Å². The summed E-state index contributed by atoms with van der Waals surface area (Å²) in [6.45, 7) is 7.56. The van der Waals surface area contributed by atoms with Crippen LogP contribution in [0.3, 0.4) is 0 Å². The predicted molar refractivity (Wildman–Crippen MR) is 134 cm³/mol. The van der Waals surface area contributed by atoms with Gasteiger partial charge in [-0.15, -0.1) is 0 Å². The van der Waals surface area contributed by atoms with Gasteiger partial charge in [-0.1, -0.05) is 19.3 Å². The number of hydrogen-bond donors (Lipinski definition) is 3. The zero-order valence-electron chi connectivity index (χ0n) is 21.3. The van der Waals surface area contributed by atoms with Crippen LogP contribution in [-0.4, -0.2) is 73.5 Å². The smallest absolute Gasteiger partial charge is 0.409 e. The average molecular weight is 521 g/mol. The maximum Gasteiger partial charge on any atom is 0.409 e. The van der Waals surface area contributed by atoms with E-state index in [4.69, 9.17) is 40.3 Å². The summed E-state index contributed by atoms with van der Waals surface area (Å²) < 4.78 is 13.4. The third-order valence-corrected chi connectivity index (χ3v) is 5.46. The molecule has 0 saturated carbocycles. The molecule has 2 fully saturated rings. The molecule has 2 saturated heterocycles. The second kappa shape index (κ2) is 16.7. The zero-order chi connectivity index (χ0) is 27.8. The maximum absolute atomic E-state index is 12.4. The zero-order valence-corrected chi connectivity index (χ0v) is 21.3. The van der Waals surface area contributed by atoms with E-state index in [-0.39, 0.29) is 18.3 Å². The normalized spacial score (nSPS) is 18.9. The van der Waals surface area contributed by atoms with Crippen LogP contribution in [0.1, 0.15) is 70.6 Å². The van der Waals surface area contributed by atoms with Gasteiger partial charge in [-0.05, 0) is 37.8 Å². The van der Waals surface area contributed by atoms with Crippen LogP contribution in [0.15, 0.2) is 18.5 Å². The van der Waals surface area contributed by atoms with Gasteiger partial charge in [0, 0.05) is 33.5 Å². The molecular weight excluding hydrogens is 484 g/mol. The Morgan fingerprint density at radius 1 is 1.08 bits per heavy atom. The van der Waals surface area contributed by atoms with Crippen molar-refractivity contribution in [3.63, 3.8) is 0 Å². The van der Waals surface area contributed by atoms with Gasteiger partial charge in [-0.25, -0.2) is 19.6 Å². The van der Waals surface area contributed by atoms with Crippen LogP contribution in [-0.2, 0) is 19.1 Å². The minimum Gasteiger partial charge on any atom is -0.481 e. The molecule has 2 aliphatic rings. The second-order valence-electron chi connectivity index (χ2n) is 8.39. The summed E-state index contributed by atoms with van der Waals surface area (Å²) >= 11 is 0. The number of nitrogens with zero attached hydrogens (tertiary/aromatic N) is 5. The summed E-state index contributed by atoms with van der Waals surface area (Å²) in [6.07, 6.45) is 8.56. The molecule has 0 bridgehead atoms. The number of carbonyl (C=O) groups excluding carboxylic acids is 1. The van der Waals surface area contributed by atoms with Crippen molar-refractivity contribution in [3.05, 3.63) is 24.2 Å². The van der Waals surface area contributed by atoms with E-state index in [1.807, 2.05) is 17.0 Å². The third-order valence-electron chi connectivity index (χ3n) is 5.46. The molecule has 4 rings (SSSR count). The molecule has 2 aromatic heterocycles. The number of carboxylic acids is 2. The number of nitriles is 1. The minimum atomic E-state index is -0.833. The van der Waals surface area contributed by atoms with Crippen molar-refractivity contribution >= 4 is 29.4 Å². The van der Waals surface area contributed by atoms with Crippen molar-refractivity contribution in [2.24, 2.45) is 0 Å². The fourth-order valence-corrected chi connectivity index (χ4v) is 3.95. The Hall–Kier alpha value is -3.92. The lowest BCUT2D eigenvalue weighted by molar-refractivity contribution is -0.135. The molecular formula is C24H36N6O7. The van der Waals surface area contributed by atoms with Gasteiger partial charge >= 0.3 is 6.09 Å². The molecule has 0 aliphatic carbocycles. The molecule has 37 heavy (non-hydrogen) atoms. The number of fused-ring (bicyclic) bond motifs is 1. The van der Waals surface area contributed by atoms with Crippen LogP contribution in [0.5, 0.6) is 0 Å². The van der Waals surface area contributed by atoms with Gasteiger partial charge in [0.2, 0.25) is 0 Å². The van der Waals surface area contributed by atoms with Crippen molar-refractivity contribution in [1.82, 2.24) is 19.5 Å². The molecule has 0 spiro atoms. The number of hydrogen-bond acceptors (Lipinski definition) is 9. The Morgan fingerprint density at radius 2 is 1.65 bits per heavy atom. The summed E-state index contributed by atoms with van der Waals surface area (Å²) in [7, 11) is 0. The van der Waals surface area contributed by atoms with Gasteiger partial charge in [-0.3, -0.25) is 9.59 Å². The molecule has 0 radical (unpaired) electrons. The number of nitrogens with two attached hydrogens (primary N) is 1. The lowest BCUT2D eigenvalue weighted by Crippen LogP contribution is -2.35. The van der Waals surface area contributed by atoms with E-state index >= 15 is 0 Å². The van der Waals surface area contributed by atoms with Crippen LogP contribution in [0, 0.1) is 11.8 Å². The van der Waals surface area contributed by atoms with E-state index in [9.17, 15) is 4.79 Å². The largest absolute Gasteiger partial charge is 0.481 e. The van der Waals surface area contributed by atoms with Gasteiger partial charge in [-0.2, -0.15) is 5.10 Å². The summed E-state index contributed by atoms with van der Waals surface area (Å²) in [5, 5.41) is 25.6. The third kappa shape index (κ3) is 11.1. The van der Waals surface area contributed by atoms with E-state index in [2.05, 4.69) is 16.7 Å². The highest BCUT2D eigenvalue weighted by Crippen LogP contribution is 2.34. The van der Waals surface area contributed by atoms with E-state index in [0.717, 1.165) is 63.8 Å². The SMILES string of the molecule is C#N.CC(=O)O.CC(=O)O.Nc1ncnn2c(C3CCC(COC(=O)N4CCCCCCC4)O3)ccc12. The molecule has 2 atom stereocenters. The Labute approximate surface area is 215 Å². The van der Waals surface area contributed by atoms with Gasteiger partial charge in [0.25, 0.3) is 11.9 Å². The number of anilines is 1. The summed E-state index contributed by atoms with van der Waals surface area (Å²) in [4.78, 5) is 36.2. The van der Waals surface area contributed by atoms with Crippen molar-refractivity contribution in [1.29, 1.82) is 5.26 Å². The molecule has 2 aromatic rings. The highest BCUT2D eigenvalue weighted by Gasteiger charge is 2.30. The van der Waals surface area contributed by atoms with Gasteiger partial charge in [0.05, 0.1) is 11.8 Å². The summed E-state index contributed by atoms with van der Waals surface area (Å²) in [6, 6.07) is 3.88. The first kappa shape index (κ1) is 31.1. The number of aliphatic carboxylic acids is 2. The van der Waals surface area contributed by atoms with E-state index in [1.165, 1.54) is 25.6 Å². The molecule has 2 unspecified atom stereocenters. The predicted octanol–water partition coefficient (Wildman–Crippen LogP) is 3.26. The number of likely N-dealkylation sites (tertiary alicyclic amines) is 1. The molecule has 2 aliphatic heterocycles. The maximum atomic E-state index is 12.4. The lowest BCUT2D eigenvalue weighted by atomic mass is 10.1. The molecule has 13 heteroatoms. The fourth-order valence-electron chi connectivity index (χ4n) is 3.95. The van der Waals surface area contributed by atoms with Gasteiger partial charge in [0.15, 0.2) is 5.82 Å². The monoisotopic (exact) mass is 520 g/mol. The van der Waals surface area contributed by atoms with E-state index in [0.29, 0.717) is 12.4 Å². The van der Waals surface area contributed by atoms with Gasteiger partial charge in [0.1, 0.15) is 24.6 Å². The molecule has 1 amide bonds.